The van der Waals surface area contributed by atoms with Gasteiger partial charge in [-0.05, 0) is 61.6 Å². The first-order valence-electron chi connectivity index (χ1n) is 10.9. The molecule has 1 atom stereocenters. The number of rotatable bonds is 7. The number of amides is 1. The molecule has 2 aliphatic rings. The number of hydrogen-bond acceptors (Lipinski definition) is 5. The van der Waals surface area contributed by atoms with Crippen LogP contribution in [0.5, 0.6) is 0 Å². The third kappa shape index (κ3) is 5.25. The number of aromatic nitrogens is 2. The van der Waals surface area contributed by atoms with Crippen LogP contribution in [0, 0.1) is 5.41 Å². The zero-order valence-corrected chi connectivity index (χ0v) is 18.3. The molecule has 8 heteroatoms. The van der Waals surface area contributed by atoms with Gasteiger partial charge in [0.2, 0.25) is 0 Å². The van der Waals surface area contributed by atoms with Gasteiger partial charge in [0.15, 0.2) is 5.82 Å². The van der Waals surface area contributed by atoms with Crippen molar-refractivity contribution in [3.8, 4) is 0 Å². The fourth-order valence-corrected chi connectivity index (χ4v) is 4.06. The molecule has 1 fully saturated rings. The van der Waals surface area contributed by atoms with Crippen LogP contribution in [0.2, 0.25) is 0 Å². The lowest BCUT2D eigenvalue weighted by Gasteiger charge is -2.43. The Morgan fingerprint density at radius 3 is 2.84 bits per heavy atom. The van der Waals surface area contributed by atoms with Crippen molar-refractivity contribution in [1.29, 1.82) is 0 Å². The average Bonchev–Trinajstić information content (AvgIpc) is 3.25. The molecule has 1 unspecified atom stereocenters. The number of nitrogens with two attached hydrogens (primary N) is 2. The van der Waals surface area contributed by atoms with Crippen LogP contribution in [0.25, 0.3) is 5.57 Å². The van der Waals surface area contributed by atoms with Gasteiger partial charge in [-0.25, -0.2) is 9.37 Å². The van der Waals surface area contributed by atoms with Crippen molar-refractivity contribution in [3.05, 3.63) is 59.7 Å². The molecule has 1 amide bonds. The van der Waals surface area contributed by atoms with Gasteiger partial charge in [0, 0.05) is 13.1 Å². The smallest absolute Gasteiger partial charge is 0.287 e. The van der Waals surface area contributed by atoms with Crippen molar-refractivity contribution in [2.45, 2.75) is 45.6 Å². The van der Waals surface area contributed by atoms with E-state index in [1.807, 2.05) is 17.9 Å². The van der Waals surface area contributed by atoms with Crippen molar-refractivity contribution >= 4 is 11.5 Å². The van der Waals surface area contributed by atoms with Gasteiger partial charge in [-0.15, -0.1) is 0 Å². The first-order chi connectivity index (χ1) is 14.9. The molecule has 6 N–H and O–H groups in total. The van der Waals surface area contributed by atoms with Gasteiger partial charge in [-0.2, -0.15) is 0 Å². The highest BCUT2D eigenvalue weighted by molar-refractivity contribution is 5.91. The van der Waals surface area contributed by atoms with Gasteiger partial charge in [0.05, 0.1) is 23.6 Å². The van der Waals surface area contributed by atoms with Crippen LogP contribution in [0.3, 0.4) is 0 Å². The van der Waals surface area contributed by atoms with Gasteiger partial charge in [-0.3, -0.25) is 4.79 Å². The molecular formula is C23H33FN6O. The number of imidazole rings is 1. The summed E-state index contributed by atoms with van der Waals surface area (Å²) in [6, 6.07) is -0.442. The van der Waals surface area contributed by atoms with Crippen LogP contribution in [-0.4, -0.2) is 46.5 Å². The van der Waals surface area contributed by atoms with E-state index in [0.29, 0.717) is 24.4 Å². The molecule has 2 heterocycles. The number of halogens is 1. The Balaban J connectivity index is 1.73. The summed E-state index contributed by atoms with van der Waals surface area (Å²) >= 11 is 0. The number of nitrogens with zero attached hydrogens (tertiary/aromatic N) is 2. The Bertz CT molecular complexity index is 905. The van der Waals surface area contributed by atoms with Crippen molar-refractivity contribution in [2.24, 2.45) is 16.9 Å². The van der Waals surface area contributed by atoms with Crippen LogP contribution in [-0.2, 0) is 0 Å². The van der Waals surface area contributed by atoms with Gasteiger partial charge >= 0.3 is 0 Å². The van der Waals surface area contributed by atoms with Crippen LogP contribution >= 0.6 is 0 Å². The van der Waals surface area contributed by atoms with E-state index in [-0.39, 0.29) is 23.0 Å². The zero-order valence-electron chi connectivity index (χ0n) is 18.3. The second-order valence-electron chi connectivity index (χ2n) is 8.47. The fraction of sp³-hybridized carbons (Fsp3) is 0.478. The van der Waals surface area contributed by atoms with Crippen molar-refractivity contribution < 1.29 is 9.18 Å². The molecule has 1 saturated heterocycles. The van der Waals surface area contributed by atoms with Crippen molar-refractivity contribution in [2.75, 3.05) is 19.6 Å². The summed E-state index contributed by atoms with van der Waals surface area (Å²) in [6.45, 7) is 6.25. The van der Waals surface area contributed by atoms with Crippen LogP contribution < -0.4 is 16.8 Å². The van der Waals surface area contributed by atoms with E-state index < -0.39 is 6.04 Å². The van der Waals surface area contributed by atoms with Gasteiger partial charge in [-0.1, -0.05) is 26.0 Å². The summed E-state index contributed by atoms with van der Waals surface area (Å²) in [7, 11) is 0. The highest BCUT2D eigenvalue weighted by Gasteiger charge is 2.34. The average molecular weight is 429 g/mol. The maximum absolute atomic E-state index is 14.8. The van der Waals surface area contributed by atoms with E-state index in [0.717, 1.165) is 37.9 Å². The minimum Gasteiger partial charge on any atom is -0.405 e. The number of allylic oxidation sites excluding steroid dienone is 5. The van der Waals surface area contributed by atoms with E-state index >= 15 is 0 Å². The molecule has 1 aliphatic heterocycles. The molecule has 0 bridgehead atoms. The van der Waals surface area contributed by atoms with Gasteiger partial charge in [0.25, 0.3) is 5.91 Å². The minimum absolute atomic E-state index is 0.0864. The molecule has 0 radical (unpaired) electrons. The fourth-order valence-electron chi connectivity index (χ4n) is 4.06. The number of H-pyrrole nitrogens is 1. The van der Waals surface area contributed by atoms with Crippen molar-refractivity contribution in [1.82, 2.24) is 20.2 Å². The molecule has 31 heavy (non-hydrogen) atoms. The molecule has 1 aromatic heterocycles. The molecule has 0 spiro atoms. The number of likely N-dealkylation sites (tertiary alicyclic amines) is 1. The lowest BCUT2D eigenvalue weighted by Crippen LogP contribution is -2.48. The van der Waals surface area contributed by atoms with E-state index in [9.17, 15) is 9.18 Å². The van der Waals surface area contributed by atoms with E-state index in [1.165, 1.54) is 12.3 Å². The lowest BCUT2D eigenvalue weighted by atomic mass is 9.80. The predicted molar refractivity (Wildman–Crippen MR) is 121 cm³/mol. The van der Waals surface area contributed by atoms with E-state index in [2.05, 4.69) is 22.2 Å². The Kier molecular flexibility index (Phi) is 7.33. The third-order valence-electron chi connectivity index (χ3n) is 6.12. The third-order valence-corrected chi connectivity index (χ3v) is 6.12. The monoisotopic (exact) mass is 428 g/mol. The molecule has 1 aliphatic carbocycles. The highest BCUT2D eigenvalue weighted by Crippen LogP contribution is 2.34. The molecule has 7 nitrogen and oxygen atoms in total. The summed E-state index contributed by atoms with van der Waals surface area (Å²) in [5.74, 6) is -0.478. The second-order valence-corrected chi connectivity index (χ2v) is 8.47. The maximum Gasteiger partial charge on any atom is 0.287 e. The largest absolute Gasteiger partial charge is 0.405 e. The number of aromatic amines is 1. The molecule has 168 valence electrons. The summed E-state index contributed by atoms with van der Waals surface area (Å²) in [6.07, 6.45) is 13.2. The maximum atomic E-state index is 14.8. The molecule has 0 saturated carbocycles. The quantitative estimate of drug-likeness (QED) is 0.499. The molecule has 0 aromatic carbocycles. The van der Waals surface area contributed by atoms with Crippen molar-refractivity contribution in [3.63, 3.8) is 0 Å². The number of piperidine rings is 1. The Morgan fingerprint density at radius 1 is 1.45 bits per heavy atom. The first-order valence-corrected chi connectivity index (χ1v) is 10.9. The number of hydrogen-bond donors (Lipinski definition) is 4. The topological polar surface area (TPSA) is 113 Å². The summed E-state index contributed by atoms with van der Waals surface area (Å²) in [4.78, 5) is 22.2. The van der Waals surface area contributed by atoms with Gasteiger partial charge in [0.1, 0.15) is 5.83 Å². The lowest BCUT2D eigenvalue weighted by molar-refractivity contribution is 0.0914. The number of carbonyl (C=O) groups is 1. The molecule has 3 rings (SSSR count). The highest BCUT2D eigenvalue weighted by atomic mass is 19.1. The van der Waals surface area contributed by atoms with Crippen LogP contribution in [0.15, 0.2) is 48.2 Å². The normalized spacial score (nSPS) is 21.7. The predicted octanol–water partition coefficient (Wildman–Crippen LogP) is 2.98. The minimum atomic E-state index is -0.442. The van der Waals surface area contributed by atoms with Gasteiger partial charge < -0.3 is 26.7 Å². The summed E-state index contributed by atoms with van der Waals surface area (Å²) in [5, 5.41) is 2.95. The second kappa shape index (κ2) is 9.96. The Labute approximate surface area is 183 Å². The summed E-state index contributed by atoms with van der Waals surface area (Å²) < 4.78 is 14.8. The SMILES string of the molecule is CC/C=C(\C=C/N)c1cnc(C(=O)NC2CC=CC(F)=C2N2CCC(C)(CN)CC2)[nH]1. The Morgan fingerprint density at radius 2 is 2.19 bits per heavy atom. The zero-order chi connectivity index (χ0) is 22.4. The van der Waals surface area contributed by atoms with E-state index in [1.54, 1.807) is 18.3 Å². The molecular weight excluding hydrogens is 395 g/mol. The standard InChI is InChI=1S/C23H33FN6O/c1-3-5-16(8-11-25)19-14-27-21(28-19)22(31)29-18-7-4-6-17(24)20(18)30-12-9-23(2,15-26)10-13-30/h4-6,8,11,14,18H,3,7,9-10,12-13,15,25-26H2,1-2H3,(H,27,28)(H,29,31)/b11-8-,16-5+. The Hall–Kier alpha value is -2.87. The number of carbonyl (C=O) groups excluding carboxylic acids is 1. The summed E-state index contributed by atoms with van der Waals surface area (Å²) in [5.41, 5.74) is 13.6. The first kappa shape index (κ1) is 22.8. The molecule has 1 aromatic rings. The van der Waals surface area contributed by atoms with Crippen LogP contribution in [0.1, 0.15) is 55.8 Å². The van der Waals surface area contributed by atoms with Crippen LogP contribution in [0.4, 0.5) is 4.39 Å². The number of nitrogens with one attached hydrogen (secondary N) is 2. The van der Waals surface area contributed by atoms with E-state index in [4.69, 9.17) is 11.5 Å².